The van der Waals surface area contributed by atoms with Crippen molar-refractivity contribution in [2.75, 3.05) is 45.1 Å². The molecule has 4 N–H and O–H groups in total. The van der Waals surface area contributed by atoms with E-state index < -0.39 is 12.2 Å². The van der Waals surface area contributed by atoms with Crippen LogP contribution in [-0.2, 0) is 53.7 Å². The summed E-state index contributed by atoms with van der Waals surface area (Å²) in [5.41, 5.74) is 9.53. The standard InChI is InChI=1S/C16H20N2O3.C16H16N2O3.C16H20N2O2/c2*1-10(19)11-5-6-12-14(8-11)18(9-21-2)16(20)13-4-3-7-17-15(12)13;1-3-11-6-7-12-14(9-11)18(10-20-2)16(19)13-5-4-8-17-15(12)13/h5-6,8,10,17,19H,3-4,7,9H2,1-2H3;3-8,10,19H,9H2,1-2H3;6-7,9,17H,3-5,8,10H2,1-2H3. The summed E-state index contributed by atoms with van der Waals surface area (Å²) in [6.07, 6.45) is 5.08. The first-order chi connectivity index (χ1) is 30.0. The van der Waals surface area contributed by atoms with E-state index in [0.717, 1.165) is 106 Å². The highest BCUT2D eigenvalue weighted by molar-refractivity contribution is 6.03. The predicted octanol–water partition coefficient (Wildman–Crippen LogP) is 6.75. The molecular formula is C48H56N6O8. The lowest BCUT2D eigenvalue weighted by Gasteiger charge is -2.22. The number of hydrogen-bond donors (Lipinski definition) is 4. The number of aryl methyl sites for hydroxylation is 1. The van der Waals surface area contributed by atoms with Crippen LogP contribution in [-0.4, -0.2) is 63.3 Å². The lowest BCUT2D eigenvalue weighted by molar-refractivity contribution is 0.131. The van der Waals surface area contributed by atoms with Gasteiger partial charge in [0, 0.05) is 67.9 Å². The van der Waals surface area contributed by atoms with Crippen LogP contribution in [0.15, 0.2) is 87.3 Å². The van der Waals surface area contributed by atoms with Crippen molar-refractivity contribution in [1.82, 2.24) is 18.7 Å². The lowest BCUT2D eigenvalue weighted by atomic mass is 9.99. The Bertz CT molecular complexity index is 2930. The monoisotopic (exact) mass is 844 g/mol. The third-order valence-corrected chi connectivity index (χ3v) is 11.6. The molecule has 0 radical (unpaired) electrons. The van der Waals surface area contributed by atoms with Gasteiger partial charge < -0.3 is 35.1 Å². The Morgan fingerprint density at radius 3 is 1.60 bits per heavy atom. The number of fused-ring (bicyclic) bond motifs is 9. The van der Waals surface area contributed by atoms with Gasteiger partial charge in [-0.3, -0.25) is 33.1 Å². The summed E-state index contributed by atoms with van der Waals surface area (Å²) >= 11 is 0. The largest absolute Gasteiger partial charge is 0.389 e. The number of anilines is 2. The maximum Gasteiger partial charge on any atom is 0.262 e. The summed E-state index contributed by atoms with van der Waals surface area (Å²) in [5.74, 6) is 0. The number of aliphatic hydroxyl groups excluding tert-OH is 2. The van der Waals surface area contributed by atoms with Crippen LogP contribution in [0.4, 0.5) is 11.4 Å². The van der Waals surface area contributed by atoms with Crippen molar-refractivity contribution in [2.45, 2.75) is 85.3 Å². The number of benzene rings is 3. The Hall–Kier alpha value is -5.90. The molecule has 2 unspecified atom stereocenters. The number of aliphatic hydroxyl groups is 2. The second kappa shape index (κ2) is 19.4. The van der Waals surface area contributed by atoms with E-state index in [0.29, 0.717) is 23.2 Å². The SMILES string of the molecule is CCc1ccc2c3c(c(=O)n(COC)c2c1)CCCN3.COCn1c(=O)c2c(c3ccc(C(C)O)cc31)NCCC2.COCn1c(=O)c2cccnc2c2ccc(C(C)O)cc21. The van der Waals surface area contributed by atoms with Gasteiger partial charge in [-0.25, -0.2) is 0 Å². The van der Waals surface area contributed by atoms with Gasteiger partial charge in [0.25, 0.3) is 16.7 Å². The molecule has 4 aromatic heterocycles. The topological polar surface area (TPSA) is 171 Å². The smallest absolute Gasteiger partial charge is 0.262 e. The van der Waals surface area contributed by atoms with Crippen LogP contribution in [0.1, 0.15) is 73.6 Å². The third-order valence-electron chi connectivity index (χ3n) is 11.6. The van der Waals surface area contributed by atoms with Crippen molar-refractivity contribution in [1.29, 1.82) is 0 Å². The second-order valence-electron chi connectivity index (χ2n) is 15.7. The number of nitrogens with one attached hydrogen (secondary N) is 2. The third kappa shape index (κ3) is 8.61. The molecule has 7 aromatic rings. The van der Waals surface area contributed by atoms with Crippen molar-refractivity contribution in [3.8, 4) is 0 Å². The molecule has 0 amide bonds. The molecule has 14 nitrogen and oxygen atoms in total. The van der Waals surface area contributed by atoms with Crippen LogP contribution in [0.2, 0.25) is 0 Å². The van der Waals surface area contributed by atoms with Gasteiger partial charge in [0.05, 0.1) is 51.0 Å². The molecule has 0 fully saturated rings. The van der Waals surface area contributed by atoms with E-state index in [2.05, 4.69) is 40.7 Å². The Kier molecular flexibility index (Phi) is 13.8. The van der Waals surface area contributed by atoms with Crippen molar-refractivity contribution in [2.24, 2.45) is 0 Å². The highest BCUT2D eigenvalue weighted by Gasteiger charge is 2.21. The zero-order chi connectivity index (χ0) is 44.1. The normalized spacial score (nSPS) is 14.2. The Balaban J connectivity index is 0.000000140. The zero-order valence-corrected chi connectivity index (χ0v) is 36.3. The zero-order valence-electron chi connectivity index (χ0n) is 36.3. The predicted molar refractivity (Wildman–Crippen MR) is 245 cm³/mol. The highest BCUT2D eigenvalue weighted by atomic mass is 16.5. The molecule has 0 saturated carbocycles. The summed E-state index contributed by atoms with van der Waals surface area (Å²) in [7, 11) is 4.75. The molecule has 14 heteroatoms. The number of pyridine rings is 4. The Labute approximate surface area is 359 Å². The molecule has 9 rings (SSSR count). The second-order valence-corrected chi connectivity index (χ2v) is 15.7. The first-order valence-corrected chi connectivity index (χ1v) is 21.1. The van der Waals surface area contributed by atoms with Crippen molar-refractivity contribution >= 4 is 55.0 Å². The van der Waals surface area contributed by atoms with Gasteiger partial charge in [-0.15, -0.1) is 0 Å². The summed E-state index contributed by atoms with van der Waals surface area (Å²) in [6.45, 7) is 8.02. The molecule has 6 heterocycles. The molecule has 0 bridgehead atoms. The van der Waals surface area contributed by atoms with Gasteiger partial charge in [0.1, 0.15) is 20.2 Å². The van der Waals surface area contributed by atoms with E-state index in [4.69, 9.17) is 14.2 Å². The summed E-state index contributed by atoms with van der Waals surface area (Å²) in [4.78, 5) is 42.3. The maximum atomic E-state index is 12.7. The summed E-state index contributed by atoms with van der Waals surface area (Å²) in [6, 6.07) is 21.2. The molecule has 0 saturated heterocycles. The molecule has 0 aliphatic carbocycles. The van der Waals surface area contributed by atoms with Crippen molar-refractivity contribution in [3.05, 3.63) is 132 Å². The van der Waals surface area contributed by atoms with E-state index in [-0.39, 0.29) is 30.1 Å². The number of hydrogen-bond acceptors (Lipinski definition) is 11. The molecule has 2 aliphatic heterocycles. The van der Waals surface area contributed by atoms with Crippen LogP contribution in [0, 0.1) is 0 Å². The van der Waals surface area contributed by atoms with Crippen LogP contribution in [0.25, 0.3) is 43.6 Å². The molecule has 2 atom stereocenters. The summed E-state index contributed by atoms with van der Waals surface area (Å²) in [5, 5.41) is 29.8. The minimum Gasteiger partial charge on any atom is -0.389 e. The van der Waals surface area contributed by atoms with Crippen LogP contribution >= 0.6 is 0 Å². The fraction of sp³-hybridized carbons (Fsp3) is 0.375. The summed E-state index contributed by atoms with van der Waals surface area (Å²) < 4.78 is 20.5. The number of aromatic nitrogens is 4. The van der Waals surface area contributed by atoms with Crippen molar-refractivity contribution in [3.63, 3.8) is 0 Å². The van der Waals surface area contributed by atoms with Crippen LogP contribution in [0.3, 0.4) is 0 Å². The first kappa shape index (κ1) is 44.2. The van der Waals surface area contributed by atoms with Gasteiger partial charge in [0.2, 0.25) is 0 Å². The van der Waals surface area contributed by atoms with E-state index >= 15 is 0 Å². The van der Waals surface area contributed by atoms with Gasteiger partial charge in [0.15, 0.2) is 0 Å². The Morgan fingerprint density at radius 2 is 1.10 bits per heavy atom. The molecule has 62 heavy (non-hydrogen) atoms. The van der Waals surface area contributed by atoms with E-state index in [1.165, 1.54) is 5.56 Å². The van der Waals surface area contributed by atoms with Gasteiger partial charge >= 0.3 is 0 Å². The van der Waals surface area contributed by atoms with Crippen molar-refractivity contribution < 1.29 is 24.4 Å². The molecule has 2 aliphatic rings. The van der Waals surface area contributed by atoms with Crippen LogP contribution < -0.4 is 27.3 Å². The first-order valence-electron chi connectivity index (χ1n) is 21.1. The molecule has 0 spiro atoms. The Morgan fingerprint density at radius 1 is 0.629 bits per heavy atom. The minimum absolute atomic E-state index is 0.00528. The highest BCUT2D eigenvalue weighted by Crippen LogP contribution is 2.32. The van der Waals surface area contributed by atoms with E-state index in [1.807, 2.05) is 36.4 Å². The van der Waals surface area contributed by atoms with Gasteiger partial charge in [-0.05, 0) is 93.0 Å². The molecule has 3 aromatic carbocycles. The lowest BCUT2D eigenvalue weighted by Crippen LogP contribution is -2.29. The number of rotatable bonds is 9. The molecular weight excluding hydrogens is 789 g/mol. The average Bonchev–Trinajstić information content (AvgIpc) is 3.30. The maximum absolute atomic E-state index is 12.7. The number of nitrogens with zero attached hydrogens (tertiary/aromatic N) is 4. The quantitative estimate of drug-likeness (QED) is 0.113. The fourth-order valence-electron chi connectivity index (χ4n) is 8.43. The van der Waals surface area contributed by atoms with Crippen LogP contribution in [0.5, 0.6) is 0 Å². The molecule has 326 valence electrons. The fourth-order valence-corrected chi connectivity index (χ4v) is 8.43. The van der Waals surface area contributed by atoms with E-state index in [1.54, 1.807) is 67.2 Å². The average molecular weight is 845 g/mol. The minimum atomic E-state index is -0.597. The number of methoxy groups -OCH3 is 3. The number of ether oxygens (including phenoxy) is 3. The van der Waals surface area contributed by atoms with E-state index in [9.17, 15) is 24.6 Å². The van der Waals surface area contributed by atoms with Gasteiger partial charge in [-0.2, -0.15) is 0 Å². The van der Waals surface area contributed by atoms with Gasteiger partial charge in [-0.1, -0.05) is 43.3 Å².